The zero-order valence-corrected chi connectivity index (χ0v) is 13.2. The second-order valence-electron chi connectivity index (χ2n) is 5.48. The summed E-state index contributed by atoms with van der Waals surface area (Å²) in [6.45, 7) is 4.85. The summed E-state index contributed by atoms with van der Waals surface area (Å²) in [4.78, 5) is 22.0. The predicted octanol–water partition coefficient (Wildman–Crippen LogP) is 2.35. The number of carbonyl (C=O) groups excluding carboxylic acids is 1. The predicted molar refractivity (Wildman–Crippen MR) is 82.6 cm³/mol. The molecular formula is C15H20N4OS. The van der Waals surface area contributed by atoms with E-state index in [1.54, 1.807) is 0 Å². The maximum absolute atomic E-state index is 12.4. The minimum absolute atomic E-state index is 0.0147. The van der Waals surface area contributed by atoms with Gasteiger partial charge < -0.3 is 9.88 Å². The third-order valence-corrected chi connectivity index (χ3v) is 5.00. The molecule has 0 fully saturated rings. The number of fused-ring (bicyclic) bond motifs is 1. The van der Waals surface area contributed by atoms with Crippen LogP contribution in [0.5, 0.6) is 0 Å². The normalized spacial score (nSPS) is 17.5. The highest BCUT2D eigenvalue weighted by molar-refractivity contribution is 7.13. The van der Waals surface area contributed by atoms with Gasteiger partial charge >= 0.3 is 0 Å². The lowest BCUT2D eigenvalue weighted by atomic mass is 10.1. The van der Waals surface area contributed by atoms with Crippen LogP contribution in [-0.2, 0) is 19.4 Å². The molecule has 0 radical (unpaired) electrons. The summed E-state index contributed by atoms with van der Waals surface area (Å²) in [5.41, 5.74) is 0.847. The summed E-state index contributed by atoms with van der Waals surface area (Å²) in [5, 5.41) is 4.20. The molecule has 3 rings (SSSR count). The Hall–Kier alpha value is -1.69. The van der Waals surface area contributed by atoms with Crippen molar-refractivity contribution < 1.29 is 4.79 Å². The monoisotopic (exact) mass is 304 g/mol. The van der Waals surface area contributed by atoms with Gasteiger partial charge in [0.2, 0.25) is 0 Å². The molecule has 2 aromatic rings. The van der Waals surface area contributed by atoms with Gasteiger partial charge in [-0.15, -0.1) is 11.3 Å². The van der Waals surface area contributed by atoms with Crippen molar-refractivity contribution in [3.8, 4) is 0 Å². The van der Waals surface area contributed by atoms with E-state index >= 15 is 0 Å². The third-order valence-electron chi connectivity index (χ3n) is 3.78. The molecule has 5 nitrogen and oxygen atoms in total. The van der Waals surface area contributed by atoms with Crippen LogP contribution in [0.25, 0.3) is 0 Å². The summed E-state index contributed by atoms with van der Waals surface area (Å²) in [6.07, 6.45) is 7.67. The minimum Gasteiger partial charge on any atom is -0.347 e. The first-order valence-corrected chi connectivity index (χ1v) is 8.26. The molecule has 0 saturated carbocycles. The van der Waals surface area contributed by atoms with Gasteiger partial charge in [-0.25, -0.2) is 9.97 Å². The summed E-state index contributed by atoms with van der Waals surface area (Å²) in [6, 6.07) is 0.176. The topological polar surface area (TPSA) is 59.8 Å². The van der Waals surface area contributed by atoms with Gasteiger partial charge in [0.05, 0.1) is 10.7 Å². The van der Waals surface area contributed by atoms with Crippen molar-refractivity contribution >= 4 is 17.2 Å². The number of thiazole rings is 1. The van der Waals surface area contributed by atoms with E-state index < -0.39 is 0 Å². The number of aryl methyl sites for hydroxylation is 3. The number of amides is 1. The van der Waals surface area contributed by atoms with Gasteiger partial charge in [-0.2, -0.15) is 0 Å². The van der Waals surface area contributed by atoms with Gasteiger partial charge in [0.25, 0.3) is 5.91 Å². The van der Waals surface area contributed by atoms with Crippen LogP contribution in [-0.4, -0.2) is 26.5 Å². The average molecular weight is 304 g/mol. The Kier molecular flexibility index (Phi) is 4.05. The zero-order chi connectivity index (χ0) is 14.8. The van der Waals surface area contributed by atoms with Crippen LogP contribution in [0.4, 0.5) is 0 Å². The molecule has 2 aromatic heterocycles. The van der Waals surface area contributed by atoms with Crippen LogP contribution < -0.4 is 5.32 Å². The highest BCUT2D eigenvalue weighted by Gasteiger charge is 2.23. The average Bonchev–Trinajstić information content (AvgIpc) is 3.05. The van der Waals surface area contributed by atoms with E-state index in [9.17, 15) is 4.79 Å². The molecule has 0 saturated heterocycles. The molecule has 21 heavy (non-hydrogen) atoms. The fourth-order valence-corrected chi connectivity index (χ4v) is 3.79. The van der Waals surface area contributed by atoms with Crippen LogP contribution in [0.15, 0.2) is 12.4 Å². The summed E-state index contributed by atoms with van der Waals surface area (Å²) >= 11 is 1.53. The molecule has 0 aliphatic carbocycles. The van der Waals surface area contributed by atoms with Crippen molar-refractivity contribution in [2.75, 3.05) is 0 Å². The molecule has 3 heterocycles. The molecule has 6 heteroatoms. The molecular weight excluding hydrogens is 284 g/mol. The molecule has 1 aliphatic heterocycles. The van der Waals surface area contributed by atoms with Crippen molar-refractivity contribution in [1.82, 2.24) is 19.9 Å². The Bertz CT molecular complexity index is 646. The molecule has 1 atom stereocenters. The number of imidazole rings is 1. The number of rotatable bonds is 4. The van der Waals surface area contributed by atoms with E-state index in [2.05, 4.69) is 26.8 Å². The van der Waals surface area contributed by atoms with E-state index in [0.29, 0.717) is 0 Å². The molecule has 0 bridgehead atoms. The Morgan fingerprint density at radius 2 is 2.43 bits per heavy atom. The molecule has 0 aromatic carbocycles. The molecule has 112 valence electrons. The van der Waals surface area contributed by atoms with E-state index in [4.69, 9.17) is 0 Å². The largest absolute Gasteiger partial charge is 0.347 e. The van der Waals surface area contributed by atoms with Gasteiger partial charge in [0.15, 0.2) is 0 Å². The lowest BCUT2D eigenvalue weighted by Crippen LogP contribution is -2.40. The number of carbonyl (C=O) groups is 1. The standard InChI is InChI=1S/C15H20N4OS/c1-3-4-13-17-10(2)14(21-13)15(20)18-11-5-6-12-16-7-8-19(12)9-11/h7-8,11H,3-6,9H2,1-2H3,(H,18,20)/t11-/m0/s1. The van der Waals surface area contributed by atoms with E-state index in [-0.39, 0.29) is 11.9 Å². The van der Waals surface area contributed by atoms with Crippen LogP contribution in [0.2, 0.25) is 0 Å². The van der Waals surface area contributed by atoms with Gasteiger partial charge in [-0.1, -0.05) is 6.92 Å². The number of hydrogen-bond donors (Lipinski definition) is 1. The highest BCUT2D eigenvalue weighted by atomic mass is 32.1. The first kappa shape index (κ1) is 14.3. The lowest BCUT2D eigenvalue weighted by Gasteiger charge is -2.24. The van der Waals surface area contributed by atoms with Gasteiger partial charge in [0.1, 0.15) is 10.7 Å². The Morgan fingerprint density at radius 1 is 1.57 bits per heavy atom. The van der Waals surface area contributed by atoms with Crippen molar-refractivity contribution in [1.29, 1.82) is 0 Å². The van der Waals surface area contributed by atoms with Gasteiger partial charge in [-0.3, -0.25) is 4.79 Å². The van der Waals surface area contributed by atoms with Crippen LogP contribution >= 0.6 is 11.3 Å². The highest BCUT2D eigenvalue weighted by Crippen LogP contribution is 2.20. The number of nitrogens with zero attached hydrogens (tertiary/aromatic N) is 3. The Balaban J connectivity index is 1.67. The number of hydrogen-bond acceptors (Lipinski definition) is 4. The molecule has 0 unspecified atom stereocenters. The molecule has 0 spiro atoms. The minimum atomic E-state index is 0.0147. The fourth-order valence-electron chi connectivity index (χ4n) is 2.72. The summed E-state index contributed by atoms with van der Waals surface area (Å²) in [5.74, 6) is 1.13. The number of aromatic nitrogens is 3. The van der Waals surface area contributed by atoms with Crippen LogP contribution in [0.1, 0.15) is 46.0 Å². The maximum Gasteiger partial charge on any atom is 0.263 e. The van der Waals surface area contributed by atoms with Crippen molar-refractivity contribution in [3.05, 3.63) is 33.8 Å². The first-order valence-electron chi connectivity index (χ1n) is 7.44. The Labute approximate surface area is 128 Å². The second-order valence-corrected chi connectivity index (χ2v) is 6.56. The summed E-state index contributed by atoms with van der Waals surface area (Å²) in [7, 11) is 0. The van der Waals surface area contributed by atoms with Crippen molar-refractivity contribution in [3.63, 3.8) is 0 Å². The lowest BCUT2D eigenvalue weighted by molar-refractivity contribution is 0.0931. The maximum atomic E-state index is 12.4. The quantitative estimate of drug-likeness (QED) is 0.943. The van der Waals surface area contributed by atoms with Crippen LogP contribution in [0.3, 0.4) is 0 Å². The van der Waals surface area contributed by atoms with E-state index in [1.807, 2.05) is 19.3 Å². The van der Waals surface area contributed by atoms with Crippen LogP contribution in [0, 0.1) is 6.92 Å². The smallest absolute Gasteiger partial charge is 0.263 e. The van der Waals surface area contributed by atoms with Gasteiger partial charge in [-0.05, 0) is 26.2 Å². The molecule has 1 amide bonds. The zero-order valence-electron chi connectivity index (χ0n) is 12.4. The first-order chi connectivity index (χ1) is 10.2. The van der Waals surface area contributed by atoms with Gasteiger partial charge in [0, 0.05) is 31.4 Å². The van der Waals surface area contributed by atoms with E-state index in [0.717, 1.165) is 53.6 Å². The SMILES string of the molecule is CCCc1nc(C)c(C(=O)N[C@H]2CCc3nccn3C2)s1. The molecule has 1 aliphatic rings. The second kappa shape index (κ2) is 5.97. The molecule has 1 N–H and O–H groups in total. The van der Waals surface area contributed by atoms with E-state index in [1.165, 1.54) is 11.3 Å². The number of nitrogens with one attached hydrogen (secondary N) is 1. The van der Waals surface area contributed by atoms with Crippen molar-refractivity contribution in [2.24, 2.45) is 0 Å². The Morgan fingerprint density at radius 3 is 3.24 bits per heavy atom. The summed E-state index contributed by atoms with van der Waals surface area (Å²) < 4.78 is 2.12. The third kappa shape index (κ3) is 3.00. The fraction of sp³-hybridized carbons (Fsp3) is 0.533. The van der Waals surface area contributed by atoms with Crippen molar-refractivity contribution in [2.45, 2.75) is 52.1 Å².